The van der Waals surface area contributed by atoms with Crippen molar-refractivity contribution in [3.05, 3.63) is 81.8 Å². The van der Waals surface area contributed by atoms with Crippen LogP contribution in [0.25, 0.3) is 11.1 Å². The van der Waals surface area contributed by atoms with Crippen LogP contribution in [0.4, 0.5) is 10.2 Å². The van der Waals surface area contributed by atoms with E-state index in [1.54, 1.807) is 19.3 Å². The minimum atomic E-state index is -0.692. The van der Waals surface area contributed by atoms with Crippen molar-refractivity contribution in [2.45, 2.75) is 44.1 Å². The van der Waals surface area contributed by atoms with Gasteiger partial charge in [0.15, 0.2) is 0 Å². The quantitative estimate of drug-likeness (QED) is 0.441. The van der Waals surface area contributed by atoms with E-state index in [9.17, 15) is 14.0 Å². The summed E-state index contributed by atoms with van der Waals surface area (Å²) in [5.74, 6) is -0.981. The minimum Gasteiger partial charge on any atom is -0.373 e. The summed E-state index contributed by atoms with van der Waals surface area (Å²) in [6.07, 6.45) is 6.44. The molecule has 2 N–H and O–H groups in total. The van der Waals surface area contributed by atoms with Crippen LogP contribution in [0.1, 0.15) is 76.0 Å². The fourth-order valence-corrected chi connectivity index (χ4v) is 5.21. The summed E-state index contributed by atoms with van der Waals surface area (Å²) in [7, 11) is 1.55. The Morgan fingerprint density at radius 1 is 1.11 bits per heavy atom. The molecule has 186 valence electrons. The van der Waals surface area contributed by atoms with Crippen LogP contribution in [0.5, 0.6) is 0 Å². The monoisotopic (exact) mass is 507 g/mol. The Kier molecular flexibility index (Phi) is 6.77. The summed E-state index contributed by atoms with van der Waals surface area (Å²) in [6.45, 7) is 0.607. The number of rotatable bonds is 6. The van der Waals surface area contributed by atoms with E-state index in [4.69, 9.17) is 22.1 Å². The predicted octanol–water partition coefficient (Wildman–Crippen LogP) is 6.04. The fourth-order valence-electron chi connectivity index (χ4n) is 4.96. The van der Waals surface area contributed by atoms with Gasteiger partial charge in [-0.1, -0.05) is 30.2 Å². The normalized spacial score (nSPS) is 17.6. The molecule has 1 aromatic heterocycles. The van der Waals surface area contributed by atoms with E-state index in [1.165, 1.54) is 29.5 Å². The lowest BCUT2D eigenvalue weighted by Gasteiger charge is -2.29. The molecule has 3 aromatic rings. The number of halogens is 2. The topological polar surface area (TPSA) is 85.5 Å². The lowest BCUT2D eigenvalue weighted by molar-refractivity contribution is 0.0980. The van der Waals surface area contributed by atoms with Gasteiger partial charge in [0.1, 0.15) is 11.6 Å². The maximum Gasteiger partial charge on any atom is 0.263 e. The summed E-state index contributed by atoms with van der Waals surface area (Å²) in [4.78, 5) is 31.2. The zero-order chi connectivity index (χ0) is 25.4. The van der Waals surface area contributed by atoms with Crippen molar-refractivity contribution in [2.75, 3.05) is 18.6 Å². The Morgan fingerprint density at radius 2 is 1.92 bits per heavy atom. The van der Waals surface area contributed by atoms with Crippen molar-refractivity contribution >= 4 is 29.2 Å². The van der Waals surface area contributed by atoms with E-state index in [2.05, 4.69) is 4.98 Å². The Balaban J connectivity index is 1.61. The molecular weight excluding hydrogens is 481 g/mol. The number of anilines is 1. The second-order valence-electron chi connectivity index (χ2n) is 9.39. The van der Waals surface area contributed by atoms with E-state index < -0.39 is 17.6 Å². The second-order valence-corrected chi connectivity index (χ2v) is 9.80. The molecule has 5 rings (SSSR count). The van der Waals surface area contributed by atoms with E-state index in [-0.39, 0.29) is 16.7 Å². The first-order chi connectivity index (χ1) is 17.3. The third-order valence-electron chi connectivity index (χ3n) is 7.16. The largest absolute Gasteiger partial charge is 0.373 e. The van der Waals surface area contributed by atoms with E-state index in [0.29, 0.717) is 23.9 Å². The van der Waals surface area contributed by atoms with Gasteiger partial charge in [-0.2, -0.15) is 0 Å². The average Bonchev–Trinajstić information content (AvgIpc) is 3.37. The third-order valence-corrected chi connectivity index (χ3v) is 7.48. The molecule has 0 spiro atoms. The smallest absolute Gasteiger partial charge is 0.263 e. The van der Waals surface area contributed by atoms with E-state index >= 15 is 0 Å². The van der Waals surface area contributed by atoms with Crippen molar-refractivity contribution in [3.63, 3.8) is 0 Å². The molecule has 2 aliphatic rings. The van der Waals surface area contributed by atoms with E-state index in [0.717, 1.165) is 47.9 Å². The second kappa shape index (κ2) is 9.99. The molecule has 1 aliphatic heterocycles. The Labute approximate surface area is 214 Å². The highest BCUT2D eigenvalue weighted by molar-refractivity contribution is 6.34. The van der Waals surface area contributed by atoms with Gasteiger partial charge >= 0.3 is 0 Å². The van der Waals surface area contributed by atoms with Crippen LogP contribution in [-0.2, 0) is 4.74 Å². The number of carbonyl (C=O) groups is 2. The van der Waals surface area contributed by atoms with Gasteiger partial charge in [0.2, 0.25) is 5.91 Å². The highest BCUT2D eigenvalue weighted by Gasteiger charge is 2.29. The molecule has 0 bridgehead atoms. The first-order valence-electron chi connectivity index (χ1n) is 12.1. The fraction of sp³-hybridized carbons (Fsp3) is 0.321. The van der Waals surface area contributed by atoms with Crippen LogP contribution in [0, 0.1) is 5.82 Å². The first kappa shape index (κ1) is 24.4. The molecule has 2 aromatic carbocycles. The highest BCUT2D eigenvalue weighted by atomic mass is 35.5. The van der Waals surface area contributed by atoms with Crippen LogP contribution < -0.4 is 10.6 Å². The molecular formula is C28H27ClFN3O3. The molecule has 1 saturated carbocycles. The molecule has 6 nitrogen and oxygen atoms in total. The minimum absolute atomic E-state index is 0.0375. The van der Waals surface area contributed by atoms with E-state index in [1.807, 2.05) is 18.2 Å². The maximum atomic E-state index is 14.5. The number of pyridine rings is 1. The van der Waals surface area contributed by atoms with Crippen LogP contribution >= 0.6 is 11.6 Å². The molecule has 1 atom stereocenters. The van der Waals surface area contributed by atoms with Gasteiger partial charge in [-0.25, -0.2) is 9.37 Å². The number of ether oxygens (including phenoxy) is 1. The molecule has 8 heteroatoms. The van der Waals surface area contributed by atoms with Gasteiger partial charge in [-0.15, -0.1) is 0 Å². The summed E-state index contributed by atoms with van der Waals surface area (Å²) in [6, 6.07) is 11.7. The number of benzene rings is 2. The zero-order valence-corrected chi connectivity index (χ0v) is 20.7. The zero-order valence-electron chi connectivity index (χ0n) is 20.0. The Bertz CT molecular complexity index is 1320. The van der Waals surface area contributed by atoms with Crippen LogP contribution in [0.3, 0.4) is 0 Å². The number of carbonyl (C=O) groups excluding carboxylic acids is 2. The summed E-state index contributed by atoms with van der Waals surface area (Å²) >= 11 is 6.16. The molecule has 0 radical (unpaired) electrons. The van der Waals surface area contributed by atoms with Gasteiger partial charge < -0.3 is 10.5 Å². The SMILES string of the molecule is CN(C(=O)c1c(F)cccc1Cl)c1ncc(-c2cc(C(N)=O)ccc2C2CCC2)cc1C1CCCO1. The summed E-state index contributed by atoms with van der Waals surface area (Å²) in [5.41, 5.74) is 9.42. The first-order valence-corrected chi connectivity index (χ1v) is 12.5. The molecule has 36 heavy (non-hydrogen) atoms. The average molecular weight is 508 g/mol. The number of nitrogens with two attached hydrogens (primary N) is 1. The molecule has 1 aliphatic carbocycles. The molecule has 2 fully saturated rings. The van der Waals surface area contributed by atoms with Gasteiger partial charge in [0.25, 0.3) is 5.91 Å². The highest BCUT2D eigenvalue weighted by Crippen LogP contribution is 2.43. The Morgan fingerprint density at radius 3 is 2.56 bits per heavy atom. The van der Waals surface area contributed by atoms with Crippen LogP contribution in [0.2, 0.25) is 5.02 Å². The molecule has 1 saturated heterocycles. The Hall–Kier alpha value is -3.29. The summed E-state index contributed by atoms with van der Waals surface area (Å²) < 4.78 is 20.5. The van der Waals surface area contributed by atoms with Gasteiger partial charge in [0.05, 0.1) is 16.7 Å². The third kappa shape index (κ3) is 4.49. The van der Waals surface area contributed by atoms with Crippen molar-refractivity contribution in [3.8, 4) is 11.1 Å². The number of hydrogen-bond acceptors (Lipinski definition) is 4. The standard InChI is InChI=1S/C28H27ClFN3O3/c1-33(28(35)25-22(29)7-3-8-23(25)30)27-21(24-9-4-12-36-24)14-18(15-32-27)20-13-17(26(31)34)10-11-19(20)16-5-2-6-16/h3,7-8,10-11,13-16,24H,2,4-6,9,12H2,1H3,(H2,31,34). The number of amides is 2. The van der Waals surface area contributed by atoms with Gasteiger partial charge in [-0.05, 0) is 73.1 Å². The van der Waals surface area contributed by atoms with Gasteiger partial charge in [0, 0.05) is 36.5 Å². The lowest BCUT2D eigenvalue weighted by atomic mass is 9.77. The van der Waals surface area contributed by atoms with Crippen molar-refractivity contribution in [1.29, 1.82) is 0 Å². The number of primary amides is 1. The van der Waals surface area contributed by atoms with Crippen molar-refractivity contribution in [1.82, 2.24) is 4.98 Å². The maximum absolute atomic E-state index is 14.5. The van der Waals surface area contributed by atoms with Gasteiger partial charge in [-0.3, -0.25) is 14.5 Å². The molecule has 1 unspecified atom stereocenters. The van der Waals surface area contributed by atoms with Crippen LogP contribution in [-0.4, -0.2) is 30.5 Å². The van der Waals surface area contributed by atoms with Crippen molar-refractivity contribution in [2.24, 2.45) is 5.73 Å². The number of aromatic nitrogens is 1. The molecule has 2 amide bonds. The summed E-state index contributed by atoms with van der Waals surface area (Å²) in [5, 5.41) is 0.0375. The molecule has 2 heterocycles. The number of hydrogen-bond donors (Lipinski definition) is 1. The number of nitrogens with zero attached hydrogens (tertiary/aromatic N) is 2. The van der Waals surface area contributed by atoms with Crippen molar-refractivity contribution < 1.29 is 18.7 Å². The predicted molar refractivity (Wildman–Crippen MR) is 137 cm³/mol. The lowest BCUT2D eigenvalue weighted by Crippen LogP contribution is -2.29. The van der Waals surface area contributed by atoms with Crippen LogP contribution in [0.15, 0.2) is 48.7 Å².